The lowest BCUT2D eigenvalue weighted by Crippen LogP contribution is -2.21. The molecular formula is C18H27Cl3. The largest absolute Gasteiger partial charge is 0.114 e. The molecule has 1 aromatic carbocycles. The summed E-state index contributed by atoms with van der Waals surface area (Å²) in [5, 5.41) is 0. The normalized spacial score (nSPS) is 20.4. The highest BCUT2D eigenvalue weighted by Crippen LogP contribution is 2.42. The first-order chi connectivity index (χ1) is 9.50. The molecule has 1 rings (SSSR count). The van der Waals surface area contributed by atoms with E-state index in [1.807, 2.05) is 20.8 Å². The maximum atomic E-state index is 6.69. The van der Waals surface area contributed by atoms with Gasteiger partial charge in [0.15, 0.2) is 0 Å². The van der Waals surface area contributed by atoms with Crippen molar-refractivity contribution in [1.29, 1.82) is 0 Å². The molecule has 21 heavy (non-hydrogen) atoms. The van der Waals surface area contributed by atoms with Gasteiger partial charge in [-0.2, -0.15) is 0 Å². The predicted octanol–water partition coefficient (Wildman–Crippen LogP) is 7.28. The number of alkyl halides is 3. The Morgan fingerprint density at radius 2 is 0.810 bits per heavy atom. The molecule has 1 aromatic rings. The Kier molecular flexibility index (Phi) is 6.09. The van der Waals surface area contributed by atoms with Crippen LogP contribution in [0.1, 0.15) is 77.5 Å². The van der Waals surface area contributed by atoms with E-state index in [1.165, 1.54) is 0 Å². The molecule has 3 heteroatoms. The van der Waals surface area contributed by atoms with Crippen LogP contribution in [0.2, 0.25) is 0 Å². The fraction of sp³-hybridized carbons (Fsp3) is 0.667. The number of hydrogen-bond donors (Lipinski definition) is 0. The molecule has 0 radical (unpaired) electrons. The molecule has 0 saturated heterocycles. The third-order valence-electron chi connectivity index (χ3n) is 4.73. The summed E-state index contributed by atoms with van der Waals surface area (Å²) in [6.07, 6.45) is 2.56. The first-order valence-corrected chi connectivity index (χ1v) is 8.86. The molecule has 0 saturated carbocycles. The Labute approximate surface area is 145 Å². The van der Waals surface area contributed by atoms with Crippen molar-refractivity contribution in [2.24, 2.45) is 0 Å². The van der Waals surface area contributed by atoms with Gasteiger partial charge in [-0.3, -0.25) is 0 Å². The second kappa shape index (κ2) is 6.69. The van der Waals surface area contributed by atoms with E-state index in [2.05, 4.69) is 39.0 Å². The lowest BCUT2D eigenvalue weighted by molar-refractivity contribution is 0.609. The molecule has 0 heterocycles. The molecule has 0 aliphatic rings. The Morgan fingerprint density at radius 3 is 0.952 bits per heavy atom. The van der Waals surface area contributed by atoms with Crippen LogP contribution in [0.4, 0.5) is 0 Å². The third-order valence-corrected chi connectivity index (χ3v) is 6.19. The SMILES string of the molecule is CCC(C)(Cl)c1cc(C(C)(Cl)CC)cc(C(C)(Cl)CC)c1. The van der Waals surface area contributed by atoms with Gasteiger partial charge in [-0.1, -0.05) is 39.0 Å². The lowest BCUT2D eigenvalue weighted by Gasteiger charge is -2.30. The van der Waals surface area contributed by atoms with Crippen LogP contribution < -0.4 is 0 Å². The summed E-state index contributed by atoms with van der Waals surface area (Å²) < 4.78 is 0. The van der Waals surface area contributed by atoms with Gasteiger partial charge in [0.1, 0.15) is 0 Å². The Bertz CT molecular complexity index is 403. The highest BCUT2D eigenvalue weighted by molar-refractivity contribution is 6.25. The van der Waals surface area contributed by atoms with E-state index < -0.39 is 14.6 Å². The molecule has 0 N–H and O–H groups in total. The molecule has 0 nitrogen and oxygen atoms in total. The highest BCUT2D eigenvalue weighted by Gasteiger charge is 2.30. The number of benzene rings is 1. The summed E-state index contributed by atoms with van der Waals surface area (Å²) in [5.74, 6) is 0. The van der Waals surface area contributed by atoms with Crippen molar-refractivity contribution < 1.29 is 0 Å². The zero-order valence-electron chi connectivity index (χ0n) is 14.0. The van der Waals surface area contributed by atoms with E-state index in [0.29, 0.717) is 0 Å². The quantitative estimate of drug-likeness (QED) is 0.473. The molecule has 0 spiro atoms. The smallest absolute Gasteiger partial charge is 0.0664 e. The van der Waals surface area contributed by atoms with Crippen LogP contribution in [0.15, 0.2) is 18.2 Å². The molecule has 0 amide bonds. The van der Waals surface area contributed by atoms with Crippen molar-refractivity contribution in [3.63, 3.8) is 0 Å². The first kappa shape index (κ1) is 19.1. The summed E-state index contributed by atoms with van der Waals surface area (Å²) >= 11 is 20.1. The molecule has 0 bridgehead atoms. The second-order valence-electron chi connectivity index (χ2n) is 6.45. The van der Waals surface area contributed by atoms with Crippen LogP contribution in [0.3, 0.4) is 0 Å². The minimum atomic E-state index is -0.397. The van der Waals surface area contributed by atoms with Crippen LogP contribution >= 0.6 is 34.8 Å². The molecule has 120 valence electrons. The summed E-state index contributed by atoms with van der Waals surface area (Å²) in [4.78, 5) is -1.19. The van der Waals surface area contributed by atoms with E-state index in [9.17, 15) is 0 Å². The van der Waals surface area contributed by atoms with Crippen molar-refractivity contribution in [3.05, 3.63) is 34.9 Å². The molecule has 0 aliphatic carbocycles. The minimum absolute atomic E-state index is 0.397. The topological polar surface area (TPSA) is 0 Å². The standard InChI is InChI=1S/C18H27Cl3/c1-7-16(4,19)13-10-14(17(5,20)8-2)12-15(11-13)18(6,21)9-3/h10-12H,7-9H2,1-6H3. The summed E-state index contributed by atoms with van der Waals surface area (Å²) in [5.41, 5.74) is 3.29. The zero-order valence-corrected chi connectivity index (χ0v) is 16.3. The van der Waals surface area contributed by atoms with Crippen molar-refractivity contribution in [1.82, 2.24) is 0 Å². The number of rotatable bonds is 6. The number of hydrogen-bond acceptors (Lipinski definition) is 0. The maximum Gasteiger partial charge on any atom is 0.0664 e. The van der Waals surface area contributed by atoms with Gasteiger partial charge in [0.05, 0.1) is 14.6 Å². The van der Waals surface area contributed by atoms with E-state index in [-0.39, 0.29) is 0 Å². The van der Waals surface area contributed by atoms with Gasteiger partial charge >= 0.3 is 0 Å². The van der Waals surface area contributed by atoms with Gasteiger partial charge in [-0.25, -0.2) is 0 Å². The Morgan fingerprint density at radius 1 is 0.619 bits per heavy atom. The van der Waals surface area contributed by atoms with Crippen molar-refractivity contribution in [2.75, 3.05) is 0 Å². The van der Waals surface area contributed by atoms with Gasteiger partial charge in [0.25, 0.3) is 0 Å². The van der Waals surface area contributed by atoms with E-state index in [0.717, 1.165) is 36.0 Å². The van der Waals surface area contributed by atoms with Gasteiger partial charge in [0.2, 0.25) is 0 Å². The Hall–Kier alpha value is 0.0900. The van der Waals surface area contributed by atoms with E-state index in [4.69, 9.17) is 34.8 Å². The molecular weight excluding hydrogens is 323 g/mol. The van der Waals surface area contributed by atoms with Crippen LogP contribution in [0, 0.1) is 0 Å². The molecule has 0 fully saturated rings. The summed E-state index contributed by atoms with van der Waals surface area (Å²) in [6.45, 7) is 12.4. The zero-order chi connectivity index (χ0) is 16.5. The summed E-state index contributed by atoms with van der Waals surface area (Å²) in [6, 6.07) is 6.41. The maximum absolute atomic E-state index is 6.69. The van der Waals surface area contributed by atoms with Crippen molar-refractivity contribution in [2.45, 2.75) is 75.4 Å². The first-order valence-electron chi connectivity index (χ1n) is 7.73. The monoisotopic (exact) mass is 348 g/mol. The predicted molar refractivity (Wildman–Crippen MR) is 96.9 cm³/mol. The minimum Gasteiger partial charge on any atom is -0.114 e. The van der Waals surface area contributed by atoms with Crippen LogP contribution in [-0.4, -0.2) is 0 Å². The summed E-state index contributed by atoms with van der Waals surface area (Å²) in [7, 11) is 0. The van der Waals surface area contributed by atoms with Crippen LogP contribution in [0.25, 0.3) is 0 Å². The van der Waals surface area contributed by atoms with Crippen LogP contribution in [0.5, 0.6) is 0 Å². The van der Waals surface area contributed by atoms with Crippen molar-refractivity contribution >= 4 is 34.8 Å². The average Bonchev–Trinajstić information content (AvgIpc) is 2.46. The molecule has 3 unspecified atom stereocenters. The fourth-order valence-electron chi connectivity index (χ4n) is 2.14. The second-order valence-corrected chi connectivity index (χ2v) is 8.95. The molecule has 0 aliphatic heterocycles. The van der Waals surface area contributed by atoms with Crippen molar-refractivity contribution in [3.8, 4) is 0 Å². The lowest BCUT2D eigenvalue weighted by atomic mass is 9.85. The third kappa shape index (κ3) is 4.30. The van der Waals surface area contributed by atoms with Gasteiger partial charge in [-0.15, -0.1) is 34.8 Å². The number of halogens is 3. The average molecular weight is 350 g/mol. The Balaban J connectivity index is 3.55. The fourth-order valence-corrected chi connectivity index (χ4v) is 2.47. The van der Waals surface area contributed by atoms with Crippen LogP contribution in [-0.2, 0) is 14.6 Å². The molecule has 0 aromatic heterocycles. The van der Waals surface area contributed by atoms with Gasteiger partial charge in [0, 0.05) is 0 Å². The molecule has 3 atom stereocenters. The van der Waals surface area contributed by atoms with E-state index in [1.54, 1.807) is 0 Å². The van der Waals surface area contributed by atoms with E-state index >= 15 is 0 Å². The highest BCUT2D eigenvalue weighted by atomic mass is 35.5. The van der Waals surface area contributed by atoms with Gasteiger partial charge < -0.3 is 0 Å². The van der Waals surface area contributed by atoms with Gasteiger partial charge in [-0.05, 0) is 56.7 Å².